The maximum absolute atomic E-state index is 11.0. The Kier molecular flexibility index (Phi) is 3.35. The van der Waals surface area contributed by atoms with Crippen LogP contribution in [0.4, 0.5) is 10.7 Å². The van der Waals surface area contributed by atoms with Crippen molar-refractivity contribution in [2.75, 3.05) is 18.0 Å². The number of nitro groups is 1. The predicted octanol–water partition coefficient (Wildman–Crippen LogP) is 2.56. The van der Waals surface area contributed by atoms with Crippen LogP contribution in [0, 0.1) is 16.0 Å². The lowest BCUT2D eigenvalue weighted by atomic mass is 10.2. The highest BCUT2D eigenvalue weighted by Gasteiger charge is 2.29. The van der Waals surface area contributed by atoms with Crippen LogP contribution in [-0.2, 0) is 0 Å². The number of thiophene rings is 1. The molecule has 0 aromatic carbocycles. The van der Waals surface area contributed by atoms with Crippen molar-refractivity contribution in [2.24, 2.45) is 5.92 Å². The van der Waals surface area contributed by atoms with E-state index in [9.17, 15) is 15.2 Å². The van der Waals surface area contributed by atoms with E-state index in [1.807, 2.05) is 0 Å². The minimum atomic E-state index is -0.646. The standard InChI is InChI=1S/C11H16N2O3S/c1-7-3-4-12(6-7)11-9(13(15)16)5-10(17-11)8(2)14/h5,7-8,14H,3-4,6H2,1-2H3/t7?,8-/m0/s1. The zero-order valence-electron chi connectivity index (χ0n) is 9.92. The third kappa shape index (κ3) is 2.42. The molecule has 0 spiro atoms. The van der Waals surface area contributed by atoms with Gasteiger partial charge in [0.25, 0.3) is 0 Å². The Morgan fingerprint density at radius 2 is 2.41 bits per heavy atom. The van der Waals surface area contributed by atoms with E-state index in [1.54, 1.807) is 6.92 Å². The molecule has 1 aliphatic rings. The van der Waals surface area contributed by atoms with E-state index in [-0.39, 0.29) is 10.6 Å². The third-order valence-electron chi connectivity index (χ3n) is 3.03. The van der Waals surface area contributed by atoms with Gasteiger partial charge in [0.15, 0.2) is 5.00 Å². The van der Waals surface area contributed by atoms with E-state index in [1.165, 1.54) is 17.4 Å². The van der Waals surface area contributed by atoms with Crippen LogP contribution >= 0.6 is 11.3 Å². The summed E-state index contributed by atoms with van der Waals surface area (Å²) >= 11 is 1.33. The van der Waals surface area contributed by atoms with Gasteiger partial charge >= 0.3 is 5.69 Å². The normalized spacial score (nSPS) is 21.8. The van der Waals surface area contributed by atoms with Gasteiger partial charge in [-0.05, 0) is 19.3 Å². The summed E-state index contributed by atoms with van der Waals surface area (Å²) in [6.45, 7) is 5.50. The van der Waals surface area contributed by atoms with Gasteiger partial charge in [-0.3, -0.25) is 10.1 Å². The molecule has 6 heteroatoms. The molecule has 5 nitrogen and oxygen atoms in total. The molecule has 1 aromatic heterocycles. The highest BCUT2D eigenvalue weighted by molar-refractivity contribution is 7.16. The molecule has 17 heavy (non-hydrogen) atoms. The number of aliphatic hydroxyl groups is 1. The fourth-order valence-corrected chi connectivity index (χ4v) is 3.17. The summed E-state index contributed by atoms with van der Waals surface area (Å²) in [6.07, 6.45) is 0.423. The molecule has 0 radical (unpaired) electrons. The Bertz CT molecular complexity index is 430. The van der Waals surface area contributed by atoms with E-state index >= 15 is 0 Å². The fourth-order valence-electron chi connectivity index (χ4n) is 2.07. The van der Waals surface area contributed by atoms with Crippen molar-refractivity contribution >= 4 is 22.0 Å². The Morgan fingerprint density at radius 1 is 1.71 bits per heavy atom. The molecule has 1 aromatic rings. The molecule has 0 saturated carbocycles. The first-order valence-corrected chi connectivity index (χ1v) is 6.51. The van der Waals surface area contributed by atoms with Crippen LogP contribution in [0.2, 0.25) is 0 Å². The van der Waals surface area contributed by atoms with Gasteiger partial charge in [-0.1, -0.05) is 6.92 Å². The fraction of sp³-hybridized carbons (Fsp3) is 0.636. The van der Waals surface area contributed by atoms with Crippen LogP contribution < -0.4 is 4.90 Å². The maximum Gasteiger partial charge on any atom is 0.304 e. The van der Waals surface area contributed by atoms with Crippen molar-refractivity contribution in [1.82, 2.24) is 0 Å². The van der Waals surface area contributed by atoms with Crippen molar-refractivity contribution in [1.29, 1.82) is 0 Å². The predicted molar refractivity (Wildman–Crippen MR) is 67.6 cm³/mol. The molecule has 0 amide bonds. The third-order valence-corrected chi connectivity index (χ3v) is 4.39. The lowest BCUT2D eigenvalue weighted by Gasteiger charge is -2.14. The summed E-state index contributed by atoms with van der Waals surface area (Å²) in [5.74, 6) is 0.576. The van der Waals surface area contributed by atoms with Crippen LogP contribution in [-0.4, -0.2) is 23.1 Å². The highest BCUT2D eigenvalue weighted by atomic mass is 32.1. The van der Waals surface area contributed by atoms with Crippen LogP contribution in [0.5, 0.6) is 0 Å². The van der Waals surface area contributed by atoms with E-state index in [0.717, 1.165) is 19.5 Å². The summed E-state index contributed by atoms with van der Waals surface area (Å²) < 4.78 is 0. The minimum Gasteiger partial charge on any atom is -0.388 e. The first-order chi connectivity index (χ1) is 7.99. The van der Waals surface area contributed by atoms with E-state index in [0.29, 0.717) is 15.8 Å². The van der Waals surface area contributed by atoms with Gasteiger partial charge in [0.2, 0.25) is 0 Å². The number of hydrogen-bond donors (Lipinski definition) is 1. The molecule has 0 bridgehead atoms. The highest BCUT2D eigenvalue weighted by Crippen LogP contribution is 2.41. The SMILES string of the molecule is CC1CCN(c2sc([C@H](C)O)cc2[N+](=O)[O-])C1. The number of hydrogen-bond acceptors (Lipinski definition) is 5. The summed E-state index contributed by atoms with van der Waals surface area (Å²) in [5.41, 5.74) is 0.125. The molecule has 2 heterocycles. The molecule has 1 unspecified atom stereocenters. The first kappa shape index (κ1) is 12.3. The zero-order chi connectivity index (χ0) is 12.6. The molecular weight excluding hydrogens is 240 g/mol. The molecule has 2 atom stereocenters. The molecule has 2 rings (SSSR count). The van der Waals surface area contributed by atoms with Crippen molar-refractivity contribution in [3.05, 3.63) is 21.1 Å². The van der Waals surface area contributed by atoms with Gasteiger partial charge in [0.05, 0.1) is 11.0 Å². The number of anilines is 1. The van der Waals surface area contributed by atoms with Crippen LogP contribution in [0.1, 0.15) is 31.2 Å². The first-order valence-electron chi connectivity index (χ1n) is 5.70. The van der Waals surface area contributed by atoms with Crippen molar-refractivity contribution in [2.45, 2.75) is 26.4 Å². The van der Waals surface area contributed by atoms with Crippen LogP contribution in [0.3, 0.4) is 0 Å². The van der Waals surface area contributed by atoms with Gasteiger partial charge in [0.1, 0.15) is 0 Å². The summed E-state index contributed by atoms with van der Waals surface area (Å²) in [6, 6.07) is 1.49. The van der Waals surface area contributed by atoms with Crippen LogP contribution in [0.15, 0.2) is 6.07 Å². The molecule has 1 N–H and O–H groups in total. The number of rotatable bonds is 3. The molecule has 0 aliphatic carbocycles. The monoisotopic (exact) mass is 256 g/mol. The minimum absolute atomic E-state index is 0.125. The van der Waals surface area contributed by atoms with E-state index < -0.39 is 6.10 Å². The van der Waals surface area contributed by atoms with Gasteiger partial charge in [-0.25, -0.2) is 0 Å². The number of nitrogens with zero attached hydrogens (tertiary/aromatic N) is 2. The second-order valence-electron chi connectivity index (χ2n) is 4.61. The Labute approximate surface area is 104 Å². The number of aliphatic hydroxyl groups excluding tert-OH is 1. The summed E-state index contributed by atoms with van der Waals surface area (Å²) in [5, 5.41) is 21.2. The van der Waals surface area contributed by atoms with Gasteiger partial charge in [-0.15, -0.1) is 11.3 Å². The van der Waals surface area contributed by atoms with Gasteiger partial charge in [0, 0.05) is 24.0 Å². The van der Waals surface area contributed by atoms with E-state index in [2.05, 4.69) is 11.8 Å². The Morgan fingerprint density at radius 3 is 2.88 bits per heavy atom. The Hall–Kier alpha value is -1.14. The largest absolute Gasteiger partial charge is 0.388 e. The molecular formula is C11H16N2O3S. The quantitative estimate of drug-likeness (QED) is 0.666. The van der Waals surface area contributed by atoms with Crippen LogP contribution in [0.25, 0.3) is 0 Å². The van der Waals surface area contributed by atoms with Crippen molar-refractivity contribution < 1.29 is 10.0 Å². The lowest BCUT2D eigenvalue weighted by molar-refractivity contribution is -0.383. The maximum atomic E-state index is 11.0. The van der Waals surface area contributed by atoms with Gasteiger partial charge < -0.3 is 10.0 Å². The molecule has 94 valence electrons. The second-order valence-corrected chi connectivity index (χ2v) is 5.67. The lowest BCUT2D eigenvalue weighted by Crippen LogP contribution is -2.18. The Balaban J connectivity index is 2.34. The summed E-state index contributed by atoms with van der Waals surface area (Å²) in [7, 11) is 0. The summed E-state index contributed by atoms with van der Waals surface area (Å²) in [4.78, 5) is 13.4. The van der Waals surface area contributed by atoms with E-state index in [4.69, 9.17) is 0 Å². The average Bonchev–Trinajstić information content (AvgIpc) is 2.82. The van der Waals surface area contributed by atoms with Crippen molar-refractivity contribution in [3.63, 3.8) is 0 Å². The average molecular weight is 256 g/mol. The molecule has 1 saturated heterocycles. The zero-order valence-corrected chi connectivity index (χ0v) is 10.7. The van der Waals surface area contributed by atoms with Crippen molar-refractivity contribution in [3.8, 4) is 0 Å². The smallest absolute Gasteiger partial charge is 0.304 e. The van der Waals surface area contributed by atoms with Gasteiger partial charge in [-0.2, -0.15) is 0 Å². The topological polar surface area (TPSA) is 66.6 Å². The molecule has 1 aliphatic heterocycles. The molecule has 1 fully saturated rings. The second kappa shape index (κ2) is 4.62.